The molecule has 1 aromatic heterocycles. The number of anilines is 2. The van der Waals surface area contributed by atoms with E-state index in [1.54, 1.807) is 0 Å². The Kier molecular flexibility index (Phi) is 6.29. The van der Waals surface area contributed by atoms with Crippen LogP contribution in [-0.4, -0.2) is 73.5 Å². The number of H-pyrrole nitrogens is 1. The fraction of sp³-hybridized carbons (Fsp3) is 0.414. The van der Waals surface area contributed by atoms with Crippen LogP contribution in [0.25, 0.3) is 22.0 Å². The summed E-state index contributed by atoms with van der Waals surface area (Å²) < 4.78 is 5.61. The highest BCUT2D eigenvalue weighted by molar-refractivity contribution is 6.37. The van der Waals surface area contributed by atoms with Crippen molar-refractivity contribution in [1.29, 1.82) is 5.26 Å². The van der Waals surface area contributed by atoms with Crippen LogP contribution < -0.4 is 9.80 Å². The number of carbonyl (C=O) groups is 1. The van der Waals surface area contributed by atoms with Crippen LogP contribution in [0.15, 0.2) is 37.1 Å². The molecule has 3 aliphatic rings. The third-order valence-electron chi connectivity index (χ3n) is 8.47. The summed E-state index contributed by atoms with van der Waals surface area (Å²) in [6, 6.07) is 8.69. The van der Waals surface area contributed by atoms with Crippen LogP contribution in [0.1, 0.15) is 24.0 Å². The smallest absolute Gasteiger partial charge is 0.245 e. The van der Waals surface area contributed by atoms with Gasteiger partial charge in [-0.15, -0.1) is 0 Å². The number of aryl methyl sites for hydroxylation is 1. The third-order valence-corrected chi connectivity index (χ3v) is 8.86. The average Bonchev–Trinajstić information content (AvgIpc) is 3.41. The van der Waals surface area contributed by atoms with Crippen LogP contribution in [0, 0.1) is 23.7 Å². The maximum Gasteiger partial charge on any atom is 0.245 e. The van der Waals surface area contributed by atoms with Gasteiger partial charge in [0.2, 0.25) is 5.91 Å². The van der Waals surface area contributed by atoms with Gasteiger partial charge in [-0.05, 0) is 49.1 Å². The van der Waals surface area contributed by atoms with E-state index in [0.29, 0.717) is 23.8 Å². The van der Waals surface area contributed by atoms with Gasteiger partial charge in [-0.3, -0.25) is 9.89 Å². The second kappa shape index (κ2) is 9.64. The molecule has 6 rings (SSSR count). The monoisotopic (exact) mass is 530 g/mol. The zero-order valence-electron chi connectivity index (χ0n) is 21.6. The Balaban J connectivity index is 1.44. The molecule has 0 radical (unpaired) electrons. The predicted octanol–water partition coefficient (Wildman–Crippen LogP) is 4.51. The van der Waals surface area contributed by atoms with Crippen molar-refractivity contribution in [3.8, 4) is 17.2 Å². The molecule has 38 heavy (non-hydrogen) atoms. The lowest BCUT2D eigenvalue weighted by molar-refractivity contribution is -0.139. The highest BCUT2D eigenvalue weighted by Gasteiger charge is 2.46. The van der Waals surface area contributed by atoms with Crippen molar-refractivity contribution in [3.63, 3.8) is 0 Å². The van der Waals surface area contributed by atoms with Crippen LogP contribution in [0.5, 0.6) is 0 Å². The van der Waals surface area contributed by atoms with Crippen molar-refractivity contribution in [2.75, 3.05) is 62.3 Å². The summed E-state index contributed by atoms with van der Waals surface area (Å²) in [4.78, 5) is 18.5. The van der Waals surface area contributed by atoms with E-state index in [9.17, 15) is 10.1 Å². The lowest BCUT2D eigenvalue weighted by atomic mass is 9.71. The lowest BCUT2D eigenvalue weighted by Gasteiger charge is -2.54. The van der Waals surface area contributed by atoms with E-state index in [1.165, 1.54) is 6.08 Å². The van der Waals surface area contributed by atoms with E-state index in [4.69, 9.17) is 16.3 Å². The van der Waals surface area contributed by atoms with Gasteiger partial charge in [0, 0.05) is 55.6 Å². The molecule has 9 heteroatoms. The minimum Gasteiger partial charge on any atom is -0.378 e. The van der Waals surface area contributed by atoms with Gasteiger partial charge in [0.1, 0.15) is 6.07 Å². The molecular weight excluding hydrogens is 500 g/mol. The lowest BCUT2D eigenvalue weighted by Crippen LogP contribution is -2.61. The molecule has 3 saturated heterocycles. The first-order valence-electron chi connectivity index (χ1n) is 13.1. The molecule has 1 spiro atoms. The molecule has 2 aromatic carbocycles. The van der Waals surface area contributed by atoms with E-state index in [0.717, 1.165) is 91.1 Å². The van der Waals surface area contributed by atoms with Gasteiger partial charge in [-0.25, -0.2) is 0 Å². The molecular formula is C29H31ClN6O2. The summed E-state index contributed by atoms with van der Waals surface area (Å²) in [5, 5.41) is 19.4. The number of piperidine rings is 1. The summed E-state index contributed by atoms with van der Waals surface area (Å²) in [5.41, 5.74) is 6.27. The number of carbonyl (C=O) groups excluding carboxylic acids is 1. The first-order chi connectivity index (χ1) is 18.4. The molecule has 4 heterocycles. The number of amides is 1. The third kappa shape index (κ3) is 4.01. The number of rotatable bonds is 4. The molecule has 3 aromatic rings. The summed E-state index contributed by atoms with van der Waals surface area (Å²) in [7, 11) is 0. The molecule has 196 valence electrons. The molecule has 0 bridgehead atoms. The van der Waals surface area contributed by atoms with E-state index >= 15 is 0 Å². The van der Waals surface area contributed by atoms with Crippen molar-refractivity contribution in [2.45, 2.75) is 19.8 Å². The van der Waals surface area contributed by atoms with Gasteiger partial charge < -0.3 is 19.4 Å². The number of hydrogen-bond donors (Lipinski definition) is 1. The Bertz CT molecular complexity index is 1450. The predicted molar refractivity (Wildman–Crippen MR) is 150 cm³/mol. The molecule has 0 aliphatic carbocycles. The van der Waals surface area contributed by atoms with Crippen LogP contribution in [-0.2, 0) is 9.53 Å². The van der Waals surface area contributed by atoms with Crippen molar-refractivity contribution in [2.24, 2.45) is 5.41 Å². The Morgan fingerprint density at radius 3 is 2.55 bits per heavy atom. The fourth-order valence-electron chi connectivity index (χ4n) is 6.31. The number of halogens is 1. The molecule has 1 amide bonds. The van der Waals surface area contributed by atoms with E-state index in [1.807, 2.05) is 23.2 Å². The maximum atomic E-state index is 12.0. The first kappa shape index (κ1) is 24.8. The summed E-state index contributed by atoms with van der Waals surface area (Å²) >= 11 is 7.22. The quantitative estimate of drug-likeness (QED) is 0.499. The second-order valence-corrected chi connectivity index (χ2v) is 11.0. The number of hydrogen-bond acceptors (Lipinski definition) is 6. The Labute approximate surface area is 227 Å². The molecule has 0 saturated carbocycles. The van der Waals surface area contributed by atoms with Gasteiger partial charge in [-0.1, -0.05) is 24.2 Å². The number of aromatic amines is 1. The standard InChI is InChI=1S/C29H31ClN6O2/c1-3-25(37)36-17-29(18-36)6-8-34(9-7-29)23-14-24(35-10-12-38-13-11-35)28(30)27(20(23)15-31)26-19(2)4-5-22-21(26)16-32-33-22/h3-5,14,16H,1,6-13,17-18H2,2H3,(H,32,33). The summed E-state index contributed by atoms with van der Waals surface area (Å²) in [5.74, 6) is 0.00566. The number of nitrogens with one attached hydrogen (secondary N) is 1. The number of benzene rings is 2. The van der Waals surface area contributed by atoms with Crippen molar-refractivity contribution < 1.29 is 9.53 Å². The molecule has 8 nitrogen and oxygen atoms in total. The molecule has 3 aliphatic heterocycles. The topological polar surface area (TPSA) is 88.5 Å². The molecule has 1 N–H and O–H groups in total. The Morgan fingerprint density at radius 1 is 1.16 bits per heavy atom. The molecule has 0 unspecified atom stereocenters. The number of nitrogens with zero attached hydrogens (tertiary/aromatic N) is 5. The van der Waals surface area contributed by atoms with Crippen molar-refractivity contribution in [1.82, 2.24) is 15.1 Å². The van der Waals surface area contributed by atoms with Crippen LogP contribution in [0.2, 0.25) is 5.02 Å². The van der Waals surface area contributed by atoms with Gasteiger partial charge in [0.15, 0.2) is 0 Å². The zero-order chi connectivity index (χ0) is 26.4. The largest absolute Gasteiger partial charge is 0.378 e. The second-order valence-electron chi connectivity index (χ2n) is 10.7. The summed E-state index contributed by atoms with van der Waals surface area (Å²) in [6.07, 6.45) is 5.15. The first-order valence-corrected chi connectivity index (χ1v) is 13.5. The number of morpholine rings is 1. The van der Waals surface area contributed by atoms with Crippen molar-refractivity contribution >= 4 is 39.8 Å². The fourth-order valence-corrected chi connectivity index (χ4v) is 6.67. The Morgan fingerprint density at radius 2 is 1.87 bits per heavy atom. The van der Waals surface area contributed by atoms with Crippen LogP contribution in [0.3, 0.4) is 0 Å². The number of ether oxygens (including phenoxy) is 1. The molecule has 3 fully saturated rings. The van der Waals surface area contributed by atoms with Gasteiger partial charge in [-0.2, -0.15) is 10.4 Å². The van der Waals surface area contributed by atoms with Gasteiger partial charge in [0.25, 0.3) is 0 Å². The molecule has 0 atom stereocenters. The van der Waals surface area contributed by atoms with E-state index in [2.05, 4.69) is 45.6 Å². The average molecular weight is 531 g/mol. The zero-order valence-corrected chi connectivity index (χ0v) is 22.4. The number of likely N-dealkylation sites (tertiary alicyclic amines) is 1. The maximum absolute atomic E-state index is 12.0. The van der Waals surface area contributed by atoms with Crippen molar-refractivity contribution in [3.05, 3.63) is 53.2 Å². The number of fused-ring (bicyclic) bond motifs is 1. The number of nitriles is 1. The SMILES string of the molecule is C=CC(=O)N1CC2(CCN(c3cc(N4CCOCC4)c(Cl)c(-c4c(C)ccc5[nH]ncc45)c3C#N)CC2)C1. The highest BCUT2D eigenvalue weighted by Crippen LogP contribution is 2.48. The minimum absolute atomic E-state index is 0.00566. The van der Waals surface area contributed by atoms with Gasteiger partial charge in [0.05, 0.1) is 46.9 Å². The highest BCUT2D eigenvalue weighted by atomic mass is 35.5. The van der Waals surface area contributed by atoms with Crippen LogP contribution in [0.4, 0.5) is 11.4 Å². The van der Waals surface area contributed by atoms with E-state index in [-0.39, 0.29) is 11.3 Å². The minimum atomic E-state index is 0.00566. The van der Waals surface area contributed by atoms with Gasteiger partial charge >= 0.3 is 0 Å². The van der Waals surface area contributed by atoms with E-state index < -0.39 is 0 Å². The van der Waals surface area contributed by atoms with Crippen LogP contribution >= 0.6 is 11.6 Å². The Hall–Kier alpha value is -3.54. The number of aromatic nitrogens is 2. The normalized spacial score (nSPS) is 18.9. The summed E-state index contributed by atoms with van der Waals surface area (Å²) in [6.45, 7) is 11.7.